The Morgan fingerprint density at radius 3 is 2.27 bits per heavy atom. The number of carbonyl (C=O) groups is 1. The molecule has 4 aliphatic rings. The number of likely N-dealkylation sites (tertiary alicyclic amines) is 1. The van der Waals surface area contributed by atoms with Gasteiger partial charge in [-0.3, -0.25) is 9.69 Å². The Kier molecular flexibility index (Phi) is 4.79. The van der Waals surface area contributed by atoms with E-state index in [1.165, 1.54) is 19.4 Å². The summed E-state index contributed by atoms with van der Waals surface area (Å²) in [7, 11) is 0. The Bertz CT molecular complexity index is 409. The predicted octanol–water partition coefficient (Wildman–Crippen LogP) is 2.05. The molecule has 0 aromatic carbocycles. The van der Waals surface area contributed by atoms with Crippen LogP contribution in [0.4, 0.5) is 0 Å². The SMILES string of the molecule is CC(C)CN1CC2CCC1CN2C(=O)[C@@H]1CCN(C(C)C)C1. The highest BCUT2D eigenvalue weighted by Crippen LogP contribution is 2.32. The van der Waals surface area contributed by atoms with Gasteiger partial charge in [0.15, 0.2) is 0 Å². The van der Waals surface area contributed by atoms with Gasteiger partial charge in [0.05, 0.1) is 5.92 Å². The Hall–Kier alpha value is -0.610. The highest BCUT2D eigenvalue weighted by molar-refractivity contribution is 5.80. The first-order chi connectivity index (χ1) is 10.5. The fraction of sp³-hybridized carbons (Fsp3) is 0.944. The van der Waals surface area contributed by atoms with Crippen molar-refractivity contribution in [3.63, 3.8) is 0 Å². The van der Waals surface area contributed by atoms with Gasteiger partial charge in [0, 0.05) is 44.3 Å². The zero-order valence-corrected chi connectivity index (χ0v) is 14.8. The quantitative estimate of drug-likeness (QED) is 0.795. The van der Waals surface area contributed by atoms with E-state index in [4.69, 9.17) is 0 Å². The van der Waals surface area contributed by atoms with Crippen molar-refractivity contribution >= 4 is 5.91 Å². The Balaban J connectivity index is 1.59. The normalized spacial score (nSPS) is 33.4. The number of hydrogen-bond donors (Lipinski definition) is 0. The molecule has 4 heterocycles. The number of carbonyl (C=O) groups excluding carboxylic acids is 1. The van der Waals surface area contributed by atoms with Crippen molar-refractivity contribution in [2.24, 2.45) is 11.8 Å². The fourth-order valence-corrected chi connectivity index (χ4v) is 4.57. The molecule has 4 fully saturated rings. The zero-order chi connectivity index (χ0) is 15.9. The summed E-state index contributed by atoms with van der Waals surface area (Å²) < 4.78 is 0. The molecule has 0 aromatic rings. The van der Waals surface area contributed by atoms with Gasteiger partial charge in [0.1, 0.15) is 0 Å². The average Bonchev–Trinajstić information content (AvgIpc) is 2.96. The minimum atomic E-state index is 0.250. The van der Waals surface area contributed by atoms with Crippen LogP contribution in [0.1, 0.15) is 47.0 Å². The molecule has 126 valence electrons. The first-order valence-electron chi connectivity index (χ1n) is 9.24. The summed E-state index contributed by atoms with van der Waals surface area (Å²) in [5.74, 6) is 1.42. The lowest BCUT2D eigenvalue weighted by Gasteiger charge is -2.52. The van der Waals surface area contributed by atoms with Crippen LogP contribution in [0.25, 0.3) is 0 Å². The molecule has 4 nitrogen and oxygen atoms in total. The molecule has 2 bridgehead atoms. The first-order valence-corrected chi connectivity index (χ1v) is 9.24. The lowest BCUT2D eigenvalue weighted by atomic mass is 9.88. The van der Waals surface area contributed by atoms with Crippen molar-refractivity contribution in [2.75, 3.05) is 32.7 Å². The summed E-state index contributed by atoms with van der Waals surface area (Å²) in [5.41, 5.74) is 0. The Morgan fingerprint density at radius 2 is 1.73 bits per heavy atom. The second kappa shape index (κ2) is 6.48. The van der Waals surface area contributed by atoms with Gasteiger partial charge in [0.2, 0.25) is 5.91 Å². The standard InChI is InChI=1S/C18H33N3O/c1-13(2)9-20-11-17-6-5-16(20)12-21(17)18(22)15-7-8-19(10-15)14(3)4/h13-17H,5-12H2,1-4H3/t15-,16?,17?/m1/s1. The molecule has 0 N–H and O–H groups in total. The third-order valence-corrected chi connectivity index (χ3v) is 5.82. The van der Waals surface area contributed by atoms with E-state index in [2.05, 4.69) is 42.4 Å². The highest BCUT2D eigenvalue weighted by atomic mass is 16.2. The number of piperidine rings is 2. The molecule has 4 saturated heterocycles. The summed E-state index contributed by atoms with van der Waals surface area (Å²) in [4.78, 5) is 20.3. The van der Waals surface area contributed by atoms with Crippen LogP contribution in [0.5, 0.6) is 0 Å². The summed E-state index contributed by atoms with van der Waals surface area (Å²) in [6.45, 7) is 14.4. The summed E-state index contributed by atoms with van der Waals surface area (Å²) in [6.07, 6.45) is 3.55. The van der Waals surface area contributed by atoms with Gasteiger partial charge in [-0.05, 0) is 45.6 Å². The summed E-state index contributed by atoms with van der Waals surface area (Å²) in [5, 5.41) is 0. The second-order valence-electron chi connectivity index (χ2n) is 8.30. The second-order valence-corrected chi connectivity index (χ2v) is 8.30. The lowest BCUT2D eigenvalue weighted by Crippen LogP contribution is -2.65. The number of rotatable bonds is 4. The lowest BCUT2D eigenvalue weighted by molar-refractivity contribution is -0.146. The maximum Gasteiger partial charge on any atom is 0.227 e. The predicted molar refractivity (Wildman–Crippen MR) is 89.8 cm³/mol. The maximum absolute atomic E-state index is 13.0. The molecule has 4 aliphatic heterocycles. The molecular weight excluding hydrogens is 274 g/mol. The molecule has 3 atom stereocenters. The molecule has 1 amide bonds. The molecule has 0 spiro atoms. The van der Waals surface area contributed by atoms with Crippen molar-refractivity contribution in [2.45, 2.75) is 65.1 Å². The van der Waals surface area contributed by atoms with Crippen LogP contribution in [-0.2, 0) is 4.79 Å². The topological polar surface area (TPSA) is 26.8 Å². The Labute approximate surface area is 135 Å². The summed E-state index contributed by atoms with van der Waals surface area (Å²) in [6, 6.07) is 1.65. The third kappa shape index (κ3) is 3.18. The minimum absolute atomic E-state index is 0.250. The fourth-order valence-electron chi connectivity index (χ4n) is 4.57. The van der Waals surface area contributed by atoms with Gasteiger partial charge in [-0.25, -0.2) is 0 Å². The smallest absolute Gasteiger partial charge is 0.227 e. The maximum atomic E-state index is 13.0. The van der Waals surface area contributed by atoms with E-state index in [1.54, 1.807) is 0 Å². The molecule has 0 radical (unpaired) electrons. The van der Waals surface area contributed by atoms with E-state index in [9.17, 15) is 4.79 Å². The van der Waals surface area contributed by atoms with E-state index >= 15 is 0 Å². The van der Waals surface area contributed by atoms with Crippen LogP contribution < -0.4 is 0 Å². The van der Waals surface area contributed by atoms with Crippen molar-refractivity contribution in [1.29, 1.82) is 0 Å². The van der Waals surface area contributed by atoms with E-state index in [-0.39, 0.29) is 5.92 Å². The Morgan fingerprint density at radius 1 is 1.00 bits per heavy atom. The van der Waals surface area contributed by atoms with Gasteiger partial charge < -0.3 is 9.80 Å². The van der Waals surface area contributed by atoms with E-state index in [0.29, 0.717) is 24.0 Å². The average molecular weight is 307 g/mol. The van der Waals surface area contributed by atoms with Crippen LogP contribution in [0.3, 0.4) is 0 Å². The monoisotopic (exact) mass is 307 g/mol. The highest BCUT2D eigenvalue weighted by Gasteiger charge is 2.43. The van der Waals surface area contributed by atoms with Crippen LogP contribution in [-0.4, -0.2) is 71.5 Å². The molecule has 0 aromatic heterocycles. The molecule has 22 heavy (non-hydrogen) atoms. The largest absolute Gasteiger partial charge is 0.337 e. The van der Waals surface area contributed by atoms with Gasteiger partial charge in [-0.2, -0.15) is 0 Å². The van der Waals surface area contributed by atoms with Gasteiger partial charge in [-0.15, -0.1) is 0 Å². The van der Waals surface area contributed by atoms with Crippen molar-refractivity contribution in [1.82, 2.24) is 14.7 Å². The van der Waals surface area contributed by atoms with Gasteiger partial charge in [-0.1, -0.05) is 13.8 Å². The third-order valence-electron chi connectivity index (χ3n) is 5.82. The van der Waals surface area contributed by atoms with E-state index in [0.717, 1.165) is 38.5 Å². The number of amides is 1. The van der Waals surface area contributed by atoms with Crippen molar-refractivity contribution < 1.29 is 4.79 Å². The van der Waals surface area contributed by atoms with Crippen LogP contribution in [0.15, 0.2) is 0 Å². The van der Waals surface area contributed by atoms with Crippen molar-refractivity contribution in [3.05, 3.63) is 0 Å². The number of fused-ring (bicyclic) bond motifs is 3. The minimum Gasteiger partial charge on any atom is -0.337 e. The van der Waals surface area contributed by atoms with Gasteiger partial charge in [0.25, 0.3) is 0 Å². The number of hydrogen-bond acceptors (Lipinski definition) is 3. The molecule has 0 aliphatic carbocycles. The number of piperazine rings is 1. The summed E-state index contributed by atoms with van der Waals surface area (Å²) >= 11 is 0. The number of nitrogens with zero attached hydrogens (tertiary/aromatic N) is 3. The van der Waals surface area contributed by atoms with E-state index in [1.807, 2.05) is 0 Å². The van der Waals surface area contributed by atoms with E-state index < -0.39 is 0 Å². The van der Waals surface area contributed by atoms with Crippen molar-refractivity contribution in [3.8, 4) is 0 Å². The van der Waals surface area contributed by atoms with Crippen LogP contribution in [0, 0.1) is 11.8 Å². The molecule has 4 heteroatoms. The van der Waals surface area contributed by atoms with Gasteiger partial charge >= 0.3 is 0 Å². The van der Waals surface area contributed by atoms with Crippen LogP contribution in [0.2, 0.25) is 0 Å². The molecule has 0 saturated carbocycles. The molecule has 4 rings (SSSR count). The molecular formula is C18H33N3O. The first kappa shape index (κ1) is 16.3. The van der Waals surface area contributed by atoms with Crippen LogP contribution >= 0.6 is 0 Å². The molecule has 2 unspecified atom stereocenters. The zero-order valence-electron chi connectivity index (χ0n) is 14.8.